The average Bonchev–Trinajstić information content (AvgIpc) is 2.50. The van der Waals surface area contributed by atoms with Gasteiger partial charge in [0.2, 0.25) is 0 Å². The molecule has 11 heavy (non-hydrogen) atoms. The third-order valence-corrected chi connectivity index (χ3v) is 2.02. The lowest BCUT2D eigenvalue weighted by atomic mass is 10.1. The van der Waals surface area contributed by atoms with E-state index in [0.29, 0.717) is 0 Å². The third-order valence-electron chi connectivity index (χ3n) is 2.02. The Balaban J connectivity index is 2.10. The molecule has 1 aliphatic carbocycles. The molecule has 0 aromatic heterocycles. The molecule has 1 rings (SSSR count). The van der Waals surface area contributed by atoms with E-state index >= 15 is 0 Å². The molecule has 0 aromatic rings. The van der Waals surface area contributed by atoms with Crippen LogP contribution in [0, 0.1) is 0 Å². The molecule has 1 heteroatoms. The normalized spacial score (nSPS) is 17.7. The first kappa shape index (κ1) is 8.54. The van der Waals surface area contributed by atoms with Crippen LogP contribution < -0.4 is 5.73 Å². The minimum absolute atomic E-state index is 0.773. The van der Waals surface area contributed by atoms with Gasteiger partial charge in [-0.25, -0.2) is 0 Å². The van der Waals surface area contributed by atoms with E-state index in [2.05, 4.69) is 18.2 Å². The van der Waals surface area contributed by atoms with E-state index in [4.69, 9.17) is 5.73 Å². The van der Waals surface area contributed by atoms with Crippen LogP contribution in [-0.2, 0) is 0 Å². The number of rotatable bonds is 4. The maximum atomic E-state index is 5.36. The Labute approximate surface area is 69.0 Å². The van der Waals surface area contributed by atoms with Crippen molar-refractivity contribution < 1.29 is 0 Å². The van der Waals surface area contributed by atoms with Gasteiger partial charge < -0.3 is 5.73 Å². The summed E-state index contributed by atoms with van der Waals surface area (Å²) in [5.74, 6) is 0. The fourth-order valence-corrected chi connectivity index (χ4v) is 1.37. The van der Waals surface area contributed by atoms with E-state index in [-0.39, 0.29) is 0 Å². The van der Waals surface area contributed by atoms with Crippen molar-refractivity contribution in [3.63, 3.8) is 0 Å². The van der Waals surface area contributed by atoms with E-state index in [9.17, 15) is 0 Å². The highest BCUT2D eigenvalue weighted by Crippen LogP contribution is 2.20. The molecule has 2 N–H and O–H groups in total. The molecule has 0 amide bonds. The van der Waals surface area contributed by atoms with Crippen molar-refractivity contribution in [1.82, 2.24) is 0 Å². The molecular weight excluding hydrogens is 134 g/mol. The van der Waals surface area contributed by atoms with Crippen molar-refractivity contribution in [3.8, 4) is 0 Å². The smallest absolute Gasteiger partial charge is 0.00426 e. The molecule has 0 saturated heterocycles. The van der Waals surface area contributed by atoms with Crippen LogP contribution in [-0.4, -0.2) is 6.54 Å². The first-order valence-electron chi connectivity index (χ1n) is 4.46. The highest BCUT2D eigenvalue weighted by molar-refractivity contribution is 5.11. The lowest BCUT2D eigenvalue weighted by Crippen LogP contribution is -1.94. The van der Waals surface area contributed by atoms with Gasteiger partial charge >= 0.3 is 0 Å². The van der Waals surface area contributed by atoms with Gasteiger partial charge in [0, 0.05) is 0 Å². The molecule has 1 nitrogen and oxygen atoms in total. The summed E-state index contributed by atoms with van der Waals surface area (Å²) in [7, 11) is 0. The zero-order valence-electron chi connectivity index (χ0n) is 7.05. The van der Waals surface area contributed by atoms with Gasteiger partial charge in [-0.3, -0.25) is 0 Å². The first-order chi connectivity index (χ1) is 5.43. The van der Waals surface area contributed by atoms with E-state index in [1.807, 2.05) is 0 Å². The SMILES string of the molecule is NCC/C=C/CC1=CCCC1. The number of nitrogens with two attached hydrogens (primary N) is 1. The fraction of sp³-hybridized carbons (Fsp3) is 0.600. The molecule has 0 aromatic carbocycles. The van der Waals surface area contributed by atoms with E-state index in [1.54, 1.807) is 5.57 Å². The van der Waals surface area contributed by atoms with E-state index < -0.39 is 0 Å². The van der Waals surface area contributed by atoms with Crippen LogP contribution >= 0.6 is 0 Å². The lowest BCUT2D eigenvalue weighted by Gasteiger charge is -1.93. The monoisotopic (exact) mass is 151 g/mol. The minimum atomic E-state index is 0.773. The van der Waals surface area contributed by atoms with Crippen LogP contribution in [0.5, 0.6) is 0 Å². The largest absolute Gasteiger partial charge is 0.330 e. The van der Waals surface area contributed by atoms with Crippen LogP contribution in [0.15, 0.2) is 23.8 Å². The van der Waals surface area contributed by atoms with Gasteiger partial charge in [0.05, 0.1) is 0 Å². The second-order valence-corrected chi connectivity index (χ2v) is 3.01. The summed E-state index contributed by atoms with van der Waals surface area (Å²) in [5, 5.41) is 0. The van der Waals surface area contributed by atoms with Crippen molar-refractivity contribution in [2.75, 3.05) is 6.54 Å². The first-order valence-corrected chi connectivity index (χ1v) is 4.46. The van der Waals surface area contributed by atoms with Gasteiger partial charge in [-0.2, -0.15) is 0 Å². The minimum Gasteiger partial charge on any atom is -0.330 e. The summed E-state index contributed by atoms with van der Waals surface area (Å²) in [5.41, 5.74) is 6.97. The number of hydrogen-bond acceptors (Lipinski definition) is 1. The summed E-state index contributed by atoms with van der Waals surface area (Å²) >= 11 is 0. The van der Waals surface area contributed by atoms with Crippen molar-refractivity contribution in [2.24, 2.45) is 5.73 Å². The van der Waals surface area contributed by atoms with Crippen LogP contribution in [0.1, 0.15) is 32.1 Å². The van der Waals surface area contributed by atoms with Crippen molar-refractivity contribution in [1.29, 1.82) is 0 Å². The quantitative estimate of drug-likeness (QED) is 0.613. The van der Waals surface area contributed by atoms with E-state index in [0.717, 1.165) is 19.4 Å². The summed E-state index contributed by atoms with van der Waals surface area (Å²) in [6.45, 7) is 0.773. The zero-order chi connectivity index (χ0) is 7.94. The summed E-state index contributed by atoms with van der Waals surface area (Å²) in [6.07, 6.45) is 12.9. The standard InChI is InChI=1S/C10H17N/c11-9-5-1-2-6-10-7-3-4-8-10/h1-2,7H,3-6,8-9,11H2/b2-1+. The van der Waals surface area contributed by atoms with Crippen LogP contribution in [0.4, 0.5) is 0 Å². The Kier molecular flexibility index (Phi) is 3.99. The van der Waals surface area contributed by atoms with Gasteiger partial charge in [0.15, 0.2) is 0 Å². The summed E-state index contributed by atoms with van der Waals surface area (Å²) < 4.78 is 0. The van der Waals surface area contributed by atoms with Gasteiger partial charge in [0.25, 0.3) is 0 Å². The molecule has 0 radical (unpaired) electrons. The van der Waals surface area contributed by atoms with Crippen LogP contribution in [0.25, 0.3) is 0 Å². The van der Waals surface area contributed by atoms with Gasteiger partial charge in [-0.1, -0.05) is 23.8 Å². The Morgan fingerprint density at radius 1 is 1.45 bits per heavy atom. The number of allylic oxidation sites excluding steroid dienone is 3. The molecular formula is C10H17N. The highest BCUT2D eigenvalue weighted by atomic mass is 14.5. The molecule has 0 atom stereocenters. The molecule has 0 fully saturated rings. The maximum absolute atomic E-state index is 5.36. The molecule has 0 saturated carbocycles. The molecule has 0 aliphatic heterocycles. The predicted octanol–water partition coefficient (Wildman–Crippen LogP) is 2.39. The van der Waals surface area contributed by atoms with Crippen molar-refractivity contribution in [3.05, 3.63) is 23.8 Å². The van der Waals surface area contributed by atoms with Crippen LogP contribution in [0.2, 0.25) is 0 Å². The average molecular weight is 151 g/mol. The predicted molar refractivity (Wildman–Crippen MR) is 49.4 cm³/mol. The van der Waals surface area contributed by atoms with Crippen molar-refractivity contribution >= 4 is 0 Å². The van der Waals surface area contributed by atoms with E-state index in [1.165, 1.54) is 19.3 Å². The topological polar surface area (TPSA) is 26.0 Å². The number of hydrogen-bond donors (Lipinski definition) is 1. The van der Waals surface area contributed by atoms with Crippen LogP contribution in [0.3, 0.4) is 0 Å². The second-order valence-electron chi connectivity index (χ2n) is 3.01. The van der Waals surface area contributed by atoms with Crippen molar-refractivity contribution in [2.45, 2.75) is 32.1 Å². The zero-order valence-corrected chi connectivity index (χ0v) is 7.05. The molecule has 0 unspecified atom stereocenters. The Hall–Kier alpha value is -0.560. The fourth-order valence-electron chi connectivity index (χ4n) is 1.37. The van der Waals surface area contributed by atoms with Gasteiger partial charge in [0.1, 0.15) is 0 Å². The molecule has 1 aliphatic rings. The second kappa shape index (κ2) is 5.14. The molecule has 62 valence electrons. The Morgan fingerprint density at radius 3 is 3.00 bits per heavy atom. The maximum Gasteiger partial charge on any atom is -0.00426 e. The molecule has 0 heterocycles. The summed E-state index contributed by atoms with van der Waals surface area (Å²) in [6, 6.07) is 0. The Bertz CT molecular complexity index is 156. The highest BCUT2D eigenvalue weighted by Gasteiger charge is 2.00. The summed E-state index contributed by atoms with van der Waals surface area (Å²) in [4.78, 5) is 0. The molecule has 0 bridgehead atoms. The Morgan fingerprint density at radius 2 is 2.36 bits per heavy atom. The lowest BCUT2D eigenvalue weighted by molar-refractivity contribution is 0.891. The van der Waals surface area contributed by atoms with Gasteiger partial charge in [-0.05, 0) is 38.6 Å². The van der Waals surface area contributed by atoms with Gasteiger partial charge in [-0.15, -0.1) is 0 Å². The molecule has 0 spiro atoms. The third kappa shape index (κ3) is 3.38.